The summed E-state index contributed by atoms with van der Waals surface area (Å²) in [4.78, 5) is 15.1. The standard InChI is InChI=1S/C19H25NO2/c1-3-22-17(21)19-12-18(9-10-18)16(19)11-20(13-19)14(2)15-7-5-4-6-8-15/h4-8,14,16H,3,9-13H2,1-2H3/t14-,16-,19+/m0/s1. The first-order valence-electron chi connectivity index (χ1n) is 8.57. The molecule has 1 aromatic rings. The molecule has 3 aliphatic rings. The third-order valence-corrected chi connectivity index (χ3v) is 6.38. The van der Waals surface area contributed by atoms with Gasteiger partial charge in [-0.1, -0.05) is 30.3 Å². The lowest BCUT2D eigenvalue weighted by Gasteiger charge is -2.49. The van der Waals surface area contributed by atoms with Gasteiger partial charge in [0, 0.05) is 19.1 Å². The van der Waals surface area contributed by atoms with E-state index in [1.54, 1.807) is 0 Å². The molecule has 1 aliphatic heterocycles. The monoisotopic (exact) mass is 299 g/mol. The summed E-state index contributed by atoms with van der Waals surface area (Å²) < 4.78 is 5.44. The van der Waals surface area contributed by atoms with Crippen molar-refractivity contribution in [1.29, 1.82) is 0 Å². The number of carbonyl (C=O) groups is 1. The van der Waals surface area contributed by atoms with Crippen molar-refractivity contribution in [3.05, 3.63) is 35.9 Å². The smallest absolute Gasteiger partial charge is 0.313 e. The molecule has 118 valence electrons. The SMILES string of the molecule is CCOC(=O)[C@]12CN([C@@H](C)c3ccccc3)C[C@H]1C1(CC1)C2. The minimum Gasteiger partial charge on any atom is -0.466 e. The van der Waals surface area contributed by atoms with Gasteiger partial charge >= 0.3 is 5.97 Å². The first-order valence-corrected chi connectivity index (χ1v) is 8.57. The first kappa shape index (κ1) is 14.3. The largest absolute Gasteiger partial charge is 0.466 e. The maximum Gasteiger partial charge on any atom is 0.313 e. The predicted octanol–water partition coefficient (Wildman–Crippen LogP) is 3.41. The second kappa shape index (κ2) is 4.82. The molecule has 4 rings (SSSR count). The van der Waals surface area contributed by atoms with E-state index in [4.69, 9.17) is 4.74 Å². The summed E-state index contributed by atoms with van der Waals surface area (Å²) in [5, 5.41) is 0. The zero-order valence-corrected chi connectivity index (χ0v) is 13.5. The fraction of sp³-hybridized carbons (Fsp3) is 0.632. The quantitative estimate of drug-likeness (QED) is 0.798. The topological polar surface area (TPSA) is 29.5 Å². The van der Waals surface area contributed by atoms with Crippen LogP contribution in [0.3, 0.4) is 0 Å². The van der Waals surface area contributed by atoms with Crippen LogP contribution < -0.4 is 0 Å². The number of likely N-dealkylation sites (tertiary alicyclic amines) is 1. The highest BCUT2D eigenvalue weighted by Gasteiger charge is 2.74. The number of hydrogen-bond donors (Lipinski definition) is 0. The minimum atomic E-state index is -0.213. The molecule has 0 amide bonds. The van der Waals surface area contributed by atoms with Gasteiger partial charge in [-0.3, -0.25) is 9.69 Å². The van der Waals surface area contributed by atoms with Gasteiger partial charge in [0.2, 0.25) is 0 Å². The molecule has 1 saturated heterocycles. The van der Waals surface area contributed by atoms with E-state index in [-0.39, 0.29) is 11.4 Å². The van der Waals surface area contributed by atoms with Gasteiger partial charge in [-0.15, -0.1) is 0 Å². The van der Waals surface area contributed by atoms with Crippen LogP contribution in [0.2, 0.25) is 0 Å². The summed E-state index contributed by atoms with van der Waals surface area (Å²) in [5.74, 6) is 0.575. The summed E-state index contributed by atoms with van der Waals surface area (Å²) in [5.41, 5.74) is 1.61. The maximum absolute atomic E-state index is 12.6. The molecule has 3 nitrogen and oxygen atoms in total. The van der Waals surface area contributed by atoms with Crippen molar-refractivity contribution in [2.24, 2.45) is 16.7 Å². The van der Waals surface area contributed by atoms with E-state index in [0.29, 0.717) is 24.0 Å². The van der Waals surface area contributed by atoms with Crippen LogP contribution >= 0.6 is 0 Å². The highest BCUT2D eigenvalue weighted by Crippen LogP contribution is 2.75. The van der Waals surface area contributed by atoms with Gasteiger partial charge in [0.25, 0.3) is 0 Å². The highest BCUT2D eigenvalue weighted by atomic mass is 16.5. The lowest BCUT2D eigenvalue weighted by atomic mass is 9.53. The maximum atomic E-state index is 12.6. The Hall–Kier alpha value is -1.35. The first-order chi connectivity index (χ1) is 10.6. The van der Waals surface area contributed by atoms with Crippen molar-refractivity contribution in [2.45, 2.75) is 39.2 Å². The van der Waals surface area contributed by atoms with E-state index in [1.165, 1.54) is 18.4 Å². The molecule has 0 radical (unpaired) electrons. The number of carbonyl (C=O) groups excluding carboxylic acids is 1. The van der Waals surface area contributed by atoms with Crippen LogP contribution in [0.4, 0.5) is 0 Å². The summed E-state index contributed by atoms with van der Waals surface area (Å²) in [7, 11) is 0. The Morgan fingerprint density at radius 3 is 2.73 bits per heavy atom. The van der Waals surface area contributed by atoms with Gasteiger partial charge in [0.1, 0.15) is 0 Å². The van der Waals surface area contributed by atoms with E-state index < -0.39 is 0 Å². The Kier molecular flexibility index (Phi) is 3.12. The molecule has 0 N–H and O–H groups in total. The highest BCUT2D eigenvalue weighted by molar-refractivity contribution is 5.80. The molecule has 1 aromatic carbocycles. The second-order valence-corrected chi connectivity index (χ2v) is 7.48. The van der Waals surface area contributed by atoms with Crippen LogP contribution in [0.15, 0.2) is 30.3 Å². The number of fused-ring (bicyclic) bond motifs is 2. The second-order valence-electron chi connectivity index (χ2n) is 7.48. The Labute approximate surface area is 132 Å². The molecule has 0 bridgehead atoms. The Morgan fingerprint density at radius 2 is 2.09 bits per heavy atom. The van der Waals surface area contributed by atoms with Crippen LogP contribution in [-0.2, 0) is 9.53 Å². The third kappa shape index (κ3) is 1.88. The molecular weight excluding hydrogens is 274 g/mol. The van der Waals surface area contributed by atoms with Gasteiger partial charge in [0.15, 0.2) is 0 Å². The van der Waals surface area contributed by atoms with Gasteiger partial charge in [0.05, 0.1) is 12.0 Å². The fourth-order valence-electron chi connectivity index (χ4n) is 5.00. The lowest BCUT2D eigenvalue weighted by Crippen LogP contribution is -2.54. The summed E-state index contributed by atoms with van der Waals surface area (Å²) in [6.07, 6.45) is 3.68. The predicted molar refractivity (Wildman–Crippen MR) is 85.3 cm³/mol. The Bertz CT molecular complexity index is 580. The van der Waals surface area contributed by atoms with E-state index >= 15 is 0 Å². The molecule has 2 aliphatic carbocycles. The Balaban J connectivity index is 1.57. The zero-order valence-electron chi connectivity index (χ0n) is 13.5. The summed E-state index contributed by atoms with van der Waals surface area (Å²) in [6.45, 7) is 6.59. The van der Waals surface area contributed by atoms with Crippen molar-refractivity contribution in [3.8, 4) is 0 Å². The van der Waals surface area contributed by atoms with Gasteiger partial charge in [-0.2, -0.15) is 0 Å². The molecule has 0 aromatic heterocycles. The molecular formula is C19H25NO2. The summed E-state index contributed by atoms with van der Waals surface area (Å²) in [6, 6.07) is 11.0. The molecule has 2 saturated carbocycles. The van der Waals surface area contributed by atoms with E-state index in [1.807, 2.05) is 6.92 Å². The number of esters is 1. The van der Waals surface area contributed by atoms with Gasteiger partial charge < -0.3 is 4.74 Å². The van der Waals surface area contributed by atoms with Gasteiger partial charge in [-0.25, -0.2) is 0 Å². The zero-order chi connectivity index (χ0) is 15.4. The Morgan fingerprint density at radius 1 is 1.36 bits per heavy atom. The number of hydrogen-bond acceptors (Lipinski definition) is 3. The van der Waals surface area contributed by atoms with E-state index in [2.05, 4.69) is 42.2 Å². The van der Waals surface area contributed by atoms with Crippen LogP contribution in [0.1, 0.15) is 44.7 Å². The average molecular weight is 299 g/mol. The molecule has 3 fully saturated rings. The van der Waals surface area contributed by atoms with Crippen LogP contribution in [-0.4, -0.2) is 30.6 Å². The van der Waals surface area contributed by atoms with Crippen molar-refractivity contribution in [3.63, 3.8) is 0 Å². The van der Waals surface area contributed by atoms with Crippen molar-refractivity contribution < 1.29 is 9.53 Å². The van der Waals surface area contributed by atoms with Gasteiger partial charge in [-0.05, 0) is 50.0 Å². The average Bonchev–Trinajstić information content (AvgIpc) is 3.26. The number of benzene rings is 1. The minimum absolute atomic E-state index is 0.0558. The van der Waals surface area contributed by atoms with Crippen molar-refractivity contribution >= 4 is 5.97 Å². The molecule has 1 spiro atoms. The molecule has 3 atom stereocenters. The number of rotatable bonds is 4. The van der Waals surface area contributed by atoms with Crippen LogP contribution in [0.25, 0.3) is 0 Å². The summed E-state index contributed by atoms with van der Waals surface area (Å²) >= 11 is 0. The van der Waals surface area contributed by atoms with Crippen LogP contribution in [0.5, 0.6) is 0 Å². The van der Waals surface area contributed by atoms with E-state index in [0.717, 1.165) is 19.5 Å². The van der Waals surface area contributed by atoms with E-state index in [9.17, 15) is 4.79 Å². The molecule has 1 heterocycles. The number of nitrogens with zero attached hydrogens (tertiary/aromatic N) is 1. The lowest BCUT2D eigenvalue weighted by molar-refractivity contribution is -0.171. The van der Waals surface area contributed by atoms with Crippen LogP contribution in [0, 0.1) is 16.7 Å². The normalized spacial score (nSPS) is 33.1. The van der Waals surface area contributed by atoms with Crippen molar-refractivity contribution in [1.82, 2.24) is 4.90 Å². The molecule has 22 heavy (non-hydrogen) atoms. The molecule has 0 unspecified atom stereocenters. The molecule has 3 heteroatoms. The van der Waals surface area contributed by atoms with Crippen molar-refractivity contribution in [2.75, 3.05) is 19.7 Å². The third-order valence-electron chi connectivity index (χ3n) is 6.38. The fourth-order valence-corrected chi connectivity index (χ4v) is 5.00. The number of ether oxygens (including phenoxy) is 1.